The van der Waals surface area contributed by atoms with Crippen LogP contribution in [0.3, 0.4) is 0 Å². The molecule has 3 N–H and O–H groups in total. The topological polar surface area (TPSA) is 55.1 Å². The number of benzene rings is 1. The summed E-state index contributed by atoms with van der Waals surface area (Å²) in [6.45, 7) is 3.83. The first kappa shape index (κ1) is 15.5. The van der Waals surface area contributed by atoms with Crippen molar-refractivity contribution in [1.29, 1.82) is 0 Å². The third kappa shape index (κ3) is 4.90. The molecule has 1 aromatic rings. The van der Waals surface area contributed by atoms with Gasteiger partial charge in [0.05, 0.1) is 12.0 Å². The van der Waals surface area contributed by atoms with Crippen molar-refractivity contribution in [1.82, 2.24) is 5.32 Å². The summed E-state index contributed by atoms with van der Waals surface area (Å²) in [7, 11) is 0. The lowest BCUT2D eigenvalue weighted by Crippen LogP contribution is -2.49. The van der Waals surface area contributed by atoms with E-state index in [2.05, 4.69) is 5.32 Å². The molecule has 1 rings (SSSR count). The number of hydrogen-bond acceptors (Lipinski definition) is 2. The molecule has 0 saturated carbocycles. The molecule has 0 aliphatic heterocycles. The van der Waals surface area contributed by atoms with Crippen LogP contribution in [0.4, 0.5) is 13.2 Å². The van der Waals surface area contributed by atoms with Crippen LogP contribution in [0.5, 0.6) is 0 Å². The Morgan fingerprint density at radius 3 is 2.16 bits per heavy atom. The molecule has 0 aliphatic carbocycles. The van der Waals surface area contributed by atoms with Gasteiger partial charge in [-0.2, -0.15) is 13.2 Å². The lowest BCUT2D eigenvalue weighted by atomic mass is 10.0. The molecule has 0 bridgehead atoms. The zero-order valence-electron chi connectivity index (χ0n) is 10.8. The summed E-state index contributed by atoms with van der Waals surface area (Å²) < 4.78 is 37.1. The van der Waals surface area contributed by atoms with Gasteiger partial charge in [0, 0.05) is 12.1 Å². The second kappa shape index (κ2) is 5.61. The maximum Gasteiger partial charge on any atom is 0.416 e. The summed E-state index contributed by atoms with van der Waals surface area (Å²) in [4.78, 5) is 11.7. The smallest absolute Gasteiger partial charge is 0.350 e. The predicted molar refractivity (Wildman–Crippen MR) is 66.4 cm³/mol. The van der Waals surface area contributed by atoms with Crippen molar-refractivity contribution in [3.8, 4) is 0 Å². The molecule has 3 nitrogen and oxygen atoms in total. The Morgan fingerprint density at radius 1 is 1.21 bits per heavy atom. The van der Waals surface area contributed by atoms with Crippen LogP contribution in [0.1, 0.15) is 25.0 Å². The summed E-state index contributed by atoms with van der Waals surface area (Å²) in [5.74, 6) is -0.268. The van der Waals surface area contributed by atoms with E-state index in [1.54, 1.807) is 13.8 Å². The molecule has 1 amide bonds. The highest BCUT2D eigenvalue weighted by Gasteiger charge is 2.30. The summed E-state index contributed by atoms with van der Waals surface area (Å²) >= 11 is 0. The number of carbonyl (C=O) groups excluding carboxylic acids is 1. The summed E-state index contributed by atoms with van der Waals surface area (Å²) in [5, 5.41) is 2.71. The van der Waals surface area contributed by atoms with Gasteiger partial charge in [-0.25, -0.2) is 0 Å². The van der Waals surface area contributed by atoms with Gasteiger partial charge in [0.2, 0.25) is 5.91 Å². The van der Waals surface area contributed by atoms with Crippen LogP contribution in [-0.4, -0.2) is 18.0 Å². The largest absolute Gasteiger partial charge is 0.416 e. The maximum atomic E-state index is 12.4. The fourth-order valence-corrected chi connectivity index (χ4v) is 1.47. The van der Waals surface area contributed by atoms with Gasteiger partial charge >= 0.3 is 6.18 Å². The van der Waals surface area contributed by atoms with E-state index < -0.39 is 17.3 Å². The van der Waals surface area contributed by atoms with Gasteiger partial charge < -0.3 is 11.1 Å². The Morgan fingerprint density at radius 2 is 1.74 bits per heavy atom. The number of carbonyl (C=O) groups is 1. The average molecular weight is 274 g/mol. The van der Waals surface area contributed by atoms with Crippen LogP contribution < -0.4 is 11.1 Å². The molecule has 0 heterocycles. The van der Waals surface area contributed by atoms with Crippen molar-refractivity contribution >= 4 is 5.91 Å². The second-order valence-electron chi connectivity index (χ2n) is 5.01. The third-order valence-electron chi connectivity index (χ3n) is 2.63. The number of halogens is 3. The van der Waals surface area contributed by atoms with Gasteiger partial charge in [-0.1, -0.05) is 12.1 Å². The number of rotatable bonds is 4. The molecule has 6 heteroatoms. The minimum absolute atomic E-state index is 0.0293. The van der Waals surface area contributed by atoms with Crippen LogP contribution in [0.15, 0.2) is 24.3 Å². The molecule has 0 radical (unpaired) electrons. The molecule has 0 fully saturated rings. The molecule has 0 spiro atoms. The van der Waals surface area contributed by atoms with Gasteiger partial charge in [-0.05, 0) is 31.5 Å². The van der Waals surface area contributed by atoms with Crippen molar-refractivity contribution in [3.05, 3.63) is 35.4 Å². The zero-order valence-corrected chi connectivity index (χ0v) is 10.8. The average Bonchev–Trinajstić information content (AvgIpc) is 2.27. The first-order chi connectivity index (χ1) is 8.64. The molecule has 0 saturated heterocycles. The Kier molecular flexibility index (Phi) is 4.57. The Hall–Kier alpha value is -1.56. The van der Waals surface area contributed by atoms with Crippen molar-refractivity contribution < 1.29 is 18.0 Å². The number of hydrogen-bond donors (Lipinski definition) is 2. The maximum absolute atomic E-state index is 12.4. The highest BCUT2D eigenvalue weighted by atomic mass is 19.4. The Labute approximate surface area is 110 Å². The monoisotopic (exact) mass is 274 g/mol. The van der Waals surface area contributed by atoms with Crippen LogP contribution in [0.2, 0.25) is 0 Å². The lowest BCUT2D eigenvalue weighted by molar-refractivity contribution is -0.137. The molecular weight excluding hydrogens is 257 g/mol. The van der Waals surface area contributed by atoms with Crippen molar-refractivity contribution in [2.45, 2.75) is 32.0 Å². The van der Waals surface area contributed by atoms with Crippen molar-refractivity contribution in [3.63, 3.8) is 0 Å². The highest BCUT2D eigenvalue weighted by molar-refractivity contribution is 5.79. The summed E-state index contributed by atoms with van der Waals surface area (Å²) in [6, 6.07) is 4.54. The van der Waals surface area contributed by atoms with Gasteiger partial charge in [0.25, 0.3) is 0 Å². The standard InChI is InChI=1S/C13H17F3N2O/c1-12(2,8-17)18-11(19)7-9-3-5-10(6-4-9)13(14,15)16/h3-6H,7-8,17H2,1-2H3,(H,18,19). The first-order valence-electron chi connectivity index (χ1n) is 5.81. The summed E-state index contributed by atoms with van der Waals surface area (Å²) in [5.41, 5.74) is 4.75. The molecule has 0 atom stereocenters. The third-order valence-corrected chi connectivity index (χ3v) is 2.63. The molecule has 106 valence electrons. The van der Waals surface area contributed by atoms with E-state index in [1.807, 2.05) is 0 Å². The van der Waals surface area contributed by atoms with Crippen molar-refractivity contribution in [2.75, 3.05) is 6.54 Å². The minimum Gasteiger partial charge on any atom is -0.350 e. The number of amides is 1. The van der Waals surface area contributed by atoms with E-state index in [0.29, 0.717) is 5.56 Å². The highest BCUT2D eigenvalue weighted by Crippen LogP contribution is 2.29. The fraction of sp³-hybridized carbons (Fsp3) is 0.462. The van der Waals surface area contributed by atoms with Crippen LogP contribution in [-0.2, 0) is 17.4 Å². The SMILES string of the molecule is CC(C)(CN)NC(=O)Cc1ccc(C(F)(F)F)cc1. The van der Waals surface area contributed by atoms with E-state index in [4.69, 9.17) is 5.73 Å². The fourth-order valence-electron chi connectivity index (χ4n) is 1.47. The zero-order chi connectivity index (χ0) is 14.7. The number of nitrogens with two attached hydrogens (primary N) is 1. The predicted octanol–water partition coefficient (Wildman–Crippen LogP) is 2.10. The Bertz CT molecular complexity index is 438. The van der Waals surface area contributed by atoms with E-state index >= 15 is 0 Å². The molecule has 19 heavy (non-hydrogen) atoms. The molecule has 1 aromatic carbocycles. The second-order valence-corrected chi connectivity index (χ2v) is 5.01. The Balaban J connectivity index is 2.66. The molecule has 0 aliphatic rings. The number of nitrogens with one attached hydrogen (secondary N) is 1. The van der Waals surface area contributed by atoms with E-state index in [0.717, 1.165) is 12.1 Å². The summed E-state index contributed by atoms with van der Waals surface area (Å²) in [6.07, 6.45) is -4.33. The van der Waals surface area contributed by atoms with Gasteiger partial charge in [0.15, 0.2) is 0 Å². The minimum atomic E-state index is -4.36. The lowest BCUT2D eigenvalue weighted by Gasteiger charge is -2.24. The number of alkyl halides is 3. The van der Waals surface area contributed by atoms with E-state index in [1.165, 1.54) is 12.1 Å². The van der Waals surface area contributed by atoms with Crippen LogP contribution in [0.25, 0.3) is 0 Å². The quantitative estimate of drug-likeness (QED) is 0.883. The van der Waals surface area contributed by atoms with Crippen LogP contribution in [0, 0.1) is 0 Å². The van der Waals surface area contributed by atoms with Gasteiger partial charge in [-0.3, -0.25) is 4.79 Å². The molecule has 0 unspecified atom stereocenters. The van der Waals surface area contributed by atoms with E-state index in [-0.39, 0.29) is 18.9 Å². The van der Waals surface area contributed by atoms with E-state index in [9.17, 15) is 18.0 Å². The van der Waals surface area contributed by atoms with Crippen molar-refractivity contribution in [2.24, 2.45) is 5.73 Å². The molecular formula is C13H17F3N2O. The normalized spacial score (nSPS) is 12.3. The first-order valence-corrected chi connectivity index (χ1v) is 5.81. The van der Waals surface area contributed by atoms with Gasteiger partial charge in [0.1, 0.15) is 0 Å². The van der Waals surface area contributed by atoms with Crippen LogP contribution >= 0.6 is 0 Å². The van der Waals surface area contributed by atoms with Gasteiger partial charge in [-0.15, -0.1) is 0 Å². The molecule has 0 aromatic heterocycles.